The summed E-state index contributed by atoms with van der Waals surface area (Å²) in [5.74, 6) is 1.71. The molecular weight excluding hydrogens is 426 g/mol. The number of carbonyl (C=O) groups excluding carboxylic acids is 2. The number of hydrogen-bond donors (Lipinski definition) is 2. The number of anilines is 1. The molecule has 0 bridgehead atoms. The number of amides is 2. The number of rotatable bonds is 6. The fourth-order valence-electron chi connectivity index (χ4n) is 3.05. The molecule has 3 rings (SSSR count). The lowest BCUT2D eigenvalue weighted by molar-refractivity contribution is -0.130. The topological polar surface area (TPSA) is 119 Å². The number of thioether (sulfide) groups is 1. The van der Waals surface area contributed by atoms with Crippen LogP contribution < -0.4 is 15.2 Å². The number of carbonyl (C=O) groups is 2. The molecule has 1 saturated heterocycles. The number of nitrogens with zero attached hydrogens (tertiary/aromatic N) is 1. The first-order valence-corrected chi connectivity index (χ1v) is 11.9. The van der Waals surface area contributed by atoms with Gasteiger partial charge in [0.25, 0.3) is 5.91 Å². The summed E-state index contributed by atoms with van der Waals surface area (Å²) in [5.41, 5.74) is 1.41. The summed E-state index contributed by atoms with van der Waals surface area (Å²) in [7, 11) is -2.57. The Morgan fingerprint density at radius 1 is 1.13 bits per heavy atom. The molecule has 1 aliphatic rings. The second-order valence-corrected chi connectivity index (χ2v) is 9.51. The summed E-state index contributed by atoms with van der Waals surface area (Å²) >= 11 is 1.85. The van der Waals surface area contributed by atoms with E-state index in [-0.39, 0.29) is 22.1 Å². The van der Waals surface area contributed by atoms with Crippen molar-refractivity contribution in [2.45, 2.75) is 11.3 Å². The molecule has 2 aromatic rings. The number of methoxy groups -OCH3 is 1. The van der Waals surface area contributed by atoms with E-state index in [1.54, 1.807) is 24.3 Å². The molecule has 10 heteroatoms. The van der Waals surface area contributed by atoms with Gasteiger partial charge < -0.3 is 15.0 Å². The highest BCUT2D eigenvalue weighted by molar-refractivity contribution is 7.99. The van der Waals surface area contributed by atoms with Crippen LogP contribution in [-0.2, 0) is 21.2 Å². The van der Waals surface area contributed by atoms with Crippen molar-refractivity contribution in [2.75, 3.05) is 37.0 Å². The molecule has 0 radical (unpaired) electrons. The molecule has 0 spiro atoms. The maximum Gasteiger partial charge on any atom is 0.259 e. The average molecular weight is 450 g/mol. The van der Waals surface area contributed by atoms with Gasteiger partial charge in [-0.05, 0) is 35.9 Å². The minimum absolute atomic E-state index is 0.0475. The Morgan fingerprint density at radius 3 is 2.40 bits per heavy atom. The molecule has 0 aromatic heterocycles. The number of primary sulfonamides is 1. The van der Waals surface area contributed by atoms with Crippen molar-refractivity contribution >= 4 is 39.3 Å². The zero-order valence-electron chi connectivity index (χ0n) is 16.5. The monoisotopic (exact) mass is 449 g/mol. The van der Waals surface area contributed by atoms with E-state index in [0.29, 0.717) is 12.1 Å². The van der Waals surface area contributed by atoms with Crippen LogP contribution in [0.5, 0.6) is 5.75 Å². The molecule has 0 aliphatic carbocycles. The number of nitrogens with two attached hydrogens (primary N) is 1. The summed E-state index contributed by atoms with van der Waals surface area (Å²) in [6.07, 6.45) is 0.309. The number of benzene rings is 2. The van der Waals surface area contributed by atoms with E-state index in [1.807, 2.05) is 16.7 Å². The summed E-state index contributed by atoms with van der Waals surface area (Å²) in [6, 6.07) is 10.8. The van der Waals surface area contributed by atoms with Crippen LogP contribution in [0.3, 0.4) is 0 Å². The standard InChI is InChI=1S/C20H23N3O5S2/c1-28-18-7-6-16(30(21,26)27)13-17(18)20(25)22-15-4-2-14(3-5-15)12-19(24)23-8-10-29-11-9-23/h2-7,13H,8-12H2,1H3,(H,22,25)(H2,21,26,27). The van der Waals surface area contributed by atoms with Gasteiger partial charge >= 0.3 is 0 Å². The quantitative estimate of drug-likeness (QED) is 0.693. The van der Waals surface area contributed by atoms with E-state index < -0.39 is 15.9 Å². The van der Waals surface area contributed by atoms with Crippen LogP contribution in [-0.4, -0.2) is 56.8 Å². The van der Waals surface area contributed by atoms with Gasteiger partial charge in [-0.1, -0.05) is 12.1 Å². The predicted octanol–water partition coefficient (Wildman–Crippen LogP) is 1.71. The Labute approximate surface area is 179 Å². The lowest BCUT2D eigenvalue weighted by Gasteiger charge is -2.26. The zero-order valence-corrected chi connectivity index (χ0v) is 18.1. The van der Waals surface area contributed by atoms with Crippen molar-refractivity contribution in [3.8, 4) is 5.75 Å². The smallest absolute Gasteiger partial charge is 0.259 e. The third kappa shape index (κ3) is 5.53. The molecule has 0 unspecified atom stereocenters. The number of hydrogen-bond acceptors (Lipinski definition) is 6. The lowest BCUT2D eigenvalue weighted by atomic mass is 10.1. The molecule has 1 heterocycles. The Balaban J connectivity index is 1.69. The second-order valence-electron chi connectivity index (χ2n) is 6.73. The fourth-order valence-corrected chi connectivity index (χ4v) is 4.49. The van der Waals surface area contributed by atoms with E-state index in [4.69, 9.17) is 9.88 Å². The van der Waals surface area contributed by atoms with Crippen LogP contribution in [0.25, 0.3) is 0 Å². The first kappa shape index (κ1) is 22.1. The molecule has 0 atom stereocenters. The highest BCUT2D eigenvalue weighted by atomic mass is 32.2. The highest BCUT2D eigenvalue weighted by Gasteiger charge is 2.19. The highest BCUT2D eigenvalue weighted by Crippen LogP contribution is 2.23. The lowest BCUT2D eigenvalue weighted by Crippen LogP contribution is -2.38. The van der Waals surface area contributed by atoms with Crippen LogP contribution in [0, 0.1) is 0 Å². The molecule has 1 aliphatic heterocycles. The Bertz CT molecular complexity index is 1030. The van der Waals surface area contributed by atoms with Gasteiger partial charge in [0, 0.05) is 30.3 Å². The van der Waals surface area contributed by atoms with Gasteiger partial charge in [0.1, 0.15) is 5.75 Å². The van der Waals surface area contributed by atoms with Crippen LogP contribution >= 0.6 is 11.8 Å². The SMILES string of the molecule is COc1ccc(S(N)(=O)=O)cc1C(=O)Nc1ccc(CC(=O)N2CCSCC2)cc1. The molecule has 0 saturated carbocycles. The Hall–Kier alpha value is -2.56. The van der Waals surface area contributed by atoms with Gasteiger partial charge in [-0.2, -0.15) is 11.8 Å². The van der Waals surface area contributed by atoms with Crippen molar-refractivity contribution in [3.05, 3.63) is 53.6 Å². The van der Waals surface area contributed by atoms with E-state index in [0.717, 1.165) is 30.2 Å². The summed E-state index contributed by atoms with van der Waals surface area (Å²) < 4.78 is 28.3. The van der Waals surface area contributed by atoms with Crippen molar-refractivity contribution in [2.24, 2.45) is 5.14 Å². The number of ether oxygens (including phenoxy) is 1. The maximum atomic E-state index is 12.7. The van der Waals surface area contributed by atoms with Crippen LogP contribution in [0.15, 0.2) is 47.4 Å². The van der Waals surface area contributed by atoms with Gasteiger partial charge in [-0.3, -0.25) is 9.59 Å². The van der Waals surface area contributed by atoms with Crippen molar-refractivity contribution in [3.63, 3.8) is 0 Å². The minimum atomic E-state index is -3.96. The van der Waals surface area contributed by atoms with Gasteiger partial charge in [0.05, 0.1) is 24.0 Å². The summed E-state index contributed by atoms with van der Waals surface area (Å²) in [4.78, 5) is 26.7. The summed E-state index contributed by atoms with van der Waals surface area (Å²) in [6.45, 7) is 1.55. The van der Waals surface area contributed by atoms with E-state index in [9.17, 15) is 18.0 Å². The van der Waals surface area contributed by atoms with Gasteiger partial charge in [-0.15, -0.1) is 0 Å². The largest absolute Gasteiger partial charge is 0.496 e. The molecule has 2 amide bonds. The fraction of sp³-hybridized carbons (Fsp3) is 0.300. The number of nitrogens with one attached hydrogen (secondary N) is 1. The Kier molecular flexibility index (Phi) is 7.01. The van der Waals surface area contributed by atoms with E-state index >= 15 is 0 Å². The van der Waals surface area contributed by atoms with Crippen molar-refractivity contribution in [1.29, 1.82) is 0 Å². The zero-order chi connectivity index (χ0) is 21.7. The summed E-state index contributed by atoms with van der Waals surface area (Å²) in [5, 5.41) is 7.85. The molecule has 3 N–H and O–H groups in total. The van der Waals surface area contributed by atoms with E-state index in [2.05, 4.69) is 5.32 Å². The van der Waals surface area contributed by atoms with E-state index in [1.165, 1.54) is 25.3 Å². The van der Waals surface area contributed by atoms with Crippen LogP contribution in [0.2, 0.25) is 0 Å². The average Bonchev–Trinajstić information content (AvgIpc) is 2.74. The first-order valence-electron chi connectivity index (χ1n) is 9.24. The van der Waals surface area contributed by atoms with Gasteiger partial charge in [0.2, 0.25) is 15.9 Å². The molecule has 160 valence electrons. The Morgan fingerprint density at radius 2 is 1.80 bits per heavy atom. The molecular formula is C20H23N3O5S2. The van der Waals surface area contributed by atoms with Crippen molar-refractivity contribution < 1.29 is 22.7 Å². The molecule has 30 heavy (non-hydrogen) atoms. The van der Waals surface area contributed by atoms with Crippen LogP contribution in [0.4, 0.5) is 5.69 Å². The van der Waals surface area contributed by atoms with Gasteiger partial charge in [-0.25, -0.2) is 13.6 Å². The van der Waals surface area contributed by atoms with Crippen LogP contribution in [0.1, 0.15) is 15.9 Å². The third-order valence-corrected chi connectivity index (χ3v) is 6.53. The predicted molar refractivity (Wildman–Crippen MR) is 116 cm³/mol. The molecule has 2 aromatic carbocycles. The minimum Gasteiger partial charge on any atom is -0.496 e. The first-order chi connectivity index (χ1) is 14.3. The maximum absolute atomic E-state index is 12.7. The normalized spacial score (nSPS) is 14.3. The van der Waals surface area contributed by atoms with Gasteiger partial charge in [0.15, 0.2) is 0 Å². The third-order valence-electron chi connectivity index (χ3n) is 4.68. The molecule has 1 fully saturated rings. The van der Waals surface area contributed by atoms with Crippen molar-refractivity contribution in [1.82, 2.24) is 4.90 Å². The molecule has 8 nitrogen and oxygen atoms in total. The number of sulfonamides is 1. The second kappa shape index (κ2) is 9.50.